The maximum absolute atomic E-state index is 4.44. The van der Waals surface area contributed by atoms with Crippen LogP contribution < -0.4 is 4.90 Å². The Labute approximate surface area is 125 Å². The van der Waals surface area contributed by atoms with E-state index in [1.807, 2.05) is 16.9 Å². The van der Waals surface area contributed by atoms with Gasteiger partial charge in [0.1, 0.15) is 18.5 Å². The molecule has 1 aliphatic rings. The standard InChI is InChI=1S/C15H22N6/c1-19(10-11-21-13-16-12-18-21)14-5-8-20(9-6-14)15-4-2-3-7-17-15/h2-4,7,12-14H,5-6,8-11H2,1H3. The molecule has 1 fully saturated rings. The zero-order valence-corrected chi connectivity index (χ0v) is 12.5. The molecule has 1 aliphatic heterocycles. The highest BCUT2D eigenvalue weighted by atomic mass is 15.3. The molecule has 0 saturated carbocycles. The summed E-state index contributed by atoms with van der Waals surface area (Å²) in [6, 6.07) is 6.76. The number of aromatic nitrogens is 4. The van der Waals surface area contributed by atoms with Crippen LogP contribution in [0.4, 0.5) is 5.82 Å². The summed E-state index contributed by atoms with van der Waals surface area (Å²) in [4.78, 5) is 13.2. The van der Waals surface area contributed by atoms with Crippen molar-refractivity contribution >= 4 is 5.82 Å². The Bertz CT molecular complexity index is 518. The normalized spacial score (nSPS) is 16.6. The zero-order chi connectivity index (χ0) is 14.5. The first-order chi connectivity index (χ1) is 10.3. The van der Waals surface area contributed by atoms with Crippen molar-refractivity contribution in [2.45, 2.75) is 25.4 Å². The van der Waals surface area contributed by atoms with Crippen LogP contribution in [-0.2, 0) is 6.54 Å². The zero-order valence-electron chi connectivity index (χ0n) is 12.5. The van der Waals surface area contributed by atoms with Gasteiger partial charge < -0.3 is 9.80 Å². The number of hydrogen-bond donors (Lipinski definition) is 0. The van der Waals surface area contributed by atoms with Gasteiger partial charge in [-0.1, -0.05) is 6.07 Å². The summed E-state index contributed by atoms with van der Waals surface area (Å²) in [5.41, 5.74) is 0. The summed E-state index contributed by atoms with van der Waals surface area (Å²) in [6.07, 6.45) is 7.60. The summed E-state index contributed by atoms with van der Waals surface area (Å²) in [5, 5.41) is 4.15. The molecule has 0 N–H and O–H groups in total. The molecule has 0 radical (unpaired) electrons. The van der Waals surface area contributed by atoms with E-state index in [0.29, 0.717) is 6.04 Å². The van der Waals surface area contributed by atoms with E-state index >= 15 is 0 Å². The van der Waals surface area contributed by atoms with Crippen LogP contribution in [0, 0.1) is 0 Å². The first-order valence-electron chi connectivity index (χ1n) is 7.51. The van der Waals surface area contributed by atoms with E-state index in [1.54, 1.807) is 12.7 Å². The Hall–Kier alpha value is -1.95. The second kappa shape index (κ2) is 6.67. The van der Waals surface area contributed by atoms with Gasteiger partial charge in [-0.2, -0.15) is 5.10 Å². The third-order valence-corrected chi connectivity index (χ3v) is 4.21. The van der Waals surface area contributed by atoms with Crippen LogP contribution in [-0.4, -0.2) is 57.4 Å². The van der Waals surface area contributed by atoms with E-state index in [0.717, 1.165) is 32.0 Å². The van der Waals surface area contributed by atoms with Crippen LogP contribution in [0.25, 0.3) is 0 Å². The van der Waals surface area contributed by atoms with Crippen molar-refractivity contribution in [1.29, 1.82) is 0 Å². The van der Waals surface area contributed by atoms with Crippen LogP contribution in [0.5, 0.6) is 0 Å². The summed E-state index contributed by atoms with van der Waals surface area (Å²) in [7, 11) is 2.21. The number of anilines is 1. The van der Waals surface area contributed by atoms with Crippen LogP contribution in [0.2, 0.25) is 0 Å². The predicted octanol–water partition coefficient (Wildman–Crippen LogP) is 1.27. The Morgan fingerprint density at radius 3 is 2.81 bits per heavy atom. The lowest BCUT2D eigenvalue weighted by molar-refractivity contribution is 0.198. The second-order valence-electron chi connectivity index (χ2n) is 5.55. The lowest BCUT2D eigenvalue weighted by atomic mass is 10.0. The van der Waals surface area contributed by atoms with Crippen LogP contribution >= 0.6 is 0 Å². The highest BCUT2D eigenvalue weighted by Crippen LogP contribution is 2.19. The van der Waals surface area contributed by atoms with Crippen molar-refractivity contribution in [2.24, 2.45) is 0 Å². The first kappa shape index (κ1) is 14.0. The molecule has 0 aliphatic carbocycles. The lowest BCUT2D eigenvalue weighted by Crippen LogP contribution is -2.44. The van der Waals surface area contributed by atoms with Crippen molar-refractivity contribution < 1.29 is 0 Å². The Morgan fingerprint density at radius 2 is 2.14 bits per heavy atom. The number of nitrogens with zero attached hydrogens (tertiary/aromatic N) is 6. The first-order valence-corrected chi connectivity index (χ1v) is 7.51. The minimum absolute atomic E-state index is 0.647. The number of pyridine rings is 1. The highest BCUT2D eigenvalue weighted by molar-refractivity contribution is 5.38. The summed E-state index contributed by atoms with van der Waals surface area (Å²) >= 11 is 0. The molecule has 0 atom stereocenters. The van der Waals surface area contributed by atoms with Gasteiger partial charge in [0.2, 0.25) is 0 Å². The Morgan fingerprint density at radius 1 is 1.29 bits per heavy atom. The molecular formula is C15H22N6. The third-order valence-electron chi connectivity index (χ3n) is 4.21. The van der Waals surface area contributed by atoms with Gasteiger partial charge in [-0.3, -0.25) is 4.68 Å². The molecule has 0 unspecified atom stereocenters. The van der Waals surface area contributed by atoms with E-state index in [-0.39, 0.29) is 0 Å². The smallest absolute Gasteiger partial charge is 0.137 e. The average molecular weight is 286 g/mol. The summed E-state index contributed by atoms with van der Waals surface area (Å²) < 4.78 is 1.89. The van der Waals surface area contributed by atoms with Crippen LogP contribution in [0.3, 0.4) is 0 Å². The minimum Gasteiger partial charge on any atom is -0.357 e. The highest BCUT2D eigenvalue weighted by Gasteiger charge is 2.22. The average Bonchev–Trinajstić information content (AvgIpc) is 3.07. The van der Waals surface area contributed by atoms with Crippen LogP contribution in [0.15, 0.2) is 37.1 Å². The van der Waals surface area contributed by atoms with Gasteiger partial charge in [0.25, 0.3) is 0 Å². The van der Waals surface area contributed by atoms with E-state index < -0.39 is 0 Å². The topological polar surface area (TPSA) is 50.1 Å². The van der Waals surface area contributed by atoms with E-state index in [2.05, 4.69) is 44.0 Å². The monoisotopic (exact) mass is 286 g/mol. The Balaban J connectivity index is 1.46. The molecule has 0 amide bonds. The maximum Gasteiger partial charge on any atom is 0.137 e. The van der Waals surface area contributed by atoms with Crippen molar-refractivity contribution in [3.05, 3.63) is 37.1 Å². The predicted molar refractivity (Wildman–Crippen MR) is 82.1 cm³/mol. The summed E-state index contributed by atoms with van der Waals surface area (Å²) in [6.45, 7) is 4.07. The second-order valence-corrected chi connectivity index (χ2v) is 5.55. The van der Waals surface area contributed by atoms with E-state index in [1.165, 1.54) is 12.8 Å². The molecule has 3 rings (SSSR count). The van der Waals surface area contributed by atoms with Crippen LogP contribution in [0.1, 0.15) is 12.8 Å². The maximum atomic E-state index is 4.44. The molecule has 112 valence electrons. The van der Waals surface area contributed by atoms with Gasteiger partial charge in [-0.05, 0) is 32.0 Å². The van der Waals surface area contributed by atoms with Gasteiger partial charge in [-0.15, -0.1) is 0 Å². The third kappa shape index (κ3) is 3.58. The molecule has 0 bridgehead atoms. The molecule has 6 heteroatoms. The quantitative estimate of drug-likeness (QED) is 0.828. The number of hydrogen-bond acceptors (Lipinski definition) is 5. The molecule has 2 aromatic heterocycles. The molecule has 2 aromatic rings. The molecule has 6 nitrogen and oxygen atoms in total. The van der Waals surface area contributed by atoms with Gasteiger partial charge >= 0.3 is 0 Å². The summed E-state index contributed by atoms with van der Waals surface area (Å²) in [5.74, 6) is 1.10. The van der Waals surface area contributed by atoms with Crippen molar-refractivity contribution in [1.82, 2.24) is 24.6 Å². The Kier molecular flexibility index (Phi) is 4.45. The van der Waals surface area contributed by atoms with Gasteiger partial charge in [0, 0.05) is 31.9 Å². The fraction of sp³-hybridized carbons (Fsp3) is 0.533. The molecule has 21 heavy (non-hydrogen) atoms. The fourth-order valence-electron chi connectivity index (χ4n) is 2.87. The number of likely N-dealkylation sites (N-methyl/N-ethyl adjacent to an activating group) is 1. The molecule has 3 heterocycles. The van der Waals surface area contributed by atoms with Gasteiger partial charge in [-0.25, -0.2) is 9.97 Å². The molecule has 0 spiro atoms. The van der Waals surface area contributed by atoms with Gasteiger partial charge in [0.15, 0.2) is 0 Å². The molecule has 1 saturated heterocycles. The molecular weight excluding hydrogens is 264 g/mol. The molecule has 0 aromatic carbocycles. The number of piperidine rings is 1. The largest absolute Gasteiger partial charge is 0.357 e. The van der Waals surface area contributed by atoms with Crippen molar-refractivity contribution in [3.63, 3.8) is 0 Å². The van der Waals surface area contributed by atoms with E-state index in [4.69, 9.17) is 0 Å². The fourth-order valence-corrected chi connectivity index (χ4v) is 2.87. The number of rotatable bonds is 5. The lowest BCUT2D eigenvalue weighted by Gasteiger charge is -2.37. The van der Waals surface area contributed by atoms with Crippen molar-refractivity contribution in [3.8, 4) is 0 Å². The van der Waals surface area contributed by atoms with E-state index in [9.17, 15) is 0 Å². The SMILES string of the molecule is CN(CCn1cncn1)C1CCN(c2ccccn2)CC1. The van der Waals surface area contributed by atoms with Gasteiger partial charge in [0.05, 0.1) is 6.54 Å². The van der Waals surface area contributed by atoms with Crippen molar-refractivity contribution in [2.75, 3.05) is 31.6 Å². The minimum atomic E-state index is 0.647.